The molecule has 4 nitrogen and oxygen atoms in total. The van der Waals surface area contributed by atoms with Crippen molar-refractivity contribution < 1.29 is 27.4 Å². The summed E-state index contributed by atoms with van der Waals surface area (Å²) in [7, 11) is 3.46. The molecule has 0 radical (unpaired) electrons. The summed E-state index contributed by atoms with van der Waals surface area (Å²) in [4.78, 5) is 2.37. The Morgan fingerprint density at radius 1 is 1.27 bits per heavy atom. The molecule has 1 aliphatic carbocycles. The summed E-state index contributed by atoms with van der Waals surface area (Å²) in [5.74, 6) is 0.924. The highest BCUT2D eigenvalue weighted by atomic mass is 19.4. The third kappa shape index (κ3) is 5.19. The van der Waals surface area contributed by atoms with Gasteiger partial charge in [0.25, 0.3) is 0 Å². The Hall–Kier alpha value is -1.99. The predicted octanol–water partition coefficient (Wildman–Crippen LogP) is 5.83. The Morgan fingerprint density at radius 3 is 2.57 bits per heavy atom. The van der Waals surface area contributed by atoms with Crippen molar-refractivity contribution in [1.82, 2.24) is 4.90 Å². The summed E-state index contributed by atoms with van der Waals surface area (Å²) < 4.78 is 50.1. The normalized spacial score (nSPS) is 16.7. The zero-order valence-corrected chi connectivity index (χ0v) is 17.9. The van der Waals surface area contributed by atoms with Crippen molar-refractivity contribution in [3.05, 3.63) is 41.2 Å². The van der Waals surface area contributed by atoms with Crippen LogP contribution >= 0.6 is 0 Å². The molecular formula is C23H30F3NO3. The van der Waals surface area contributed by atoms with Gasteiger partial charge in [-0.1, -0.05) is 6.92 Å². The van der Waals surface area contributed by atoms with Crippen LogP contribution in [-0.4, -0.2) is 36.8 Å². The summed E-state index contributed by atoms with van der Waals surface area (Å²) >= 11 is 0. The third-order valence-electron chi connectivity index (χ3n) is 5.88. The Balaban J connectivity index is 1.72. The van der Waals surface area contributed by atoms with Gasteiger partial charge in [0, 0.05) is 6.04 Å². The number of alkyl halides is 3. The lowest BCUT2D eigenvalue weighted by Gasteiger charge is -2.20. The van der Waals surface area contributed by atoms with Crippen LogP contribution in [0.25, 0.3) is 11.3 Å². The van der Waals surface area contributed by atoms with Gasteiger partial charge >= 0.3 is 6.18 Å². The molecule has 2 aromatic rings. The molecule has 2 atom stereocenters. The average Bonchev–Trinajstić information content (AvgIpc) is 3.48. The van der Waals surface area contributed by atoms with Crippen LogP contribution in [-0.2, 0) is 6.18 Å². The number of halogens is 3. The number of methoxy groups -OCH3 is 1. The lowest BCUT2D eigenvalue weighted by atomic mass is 9.97. The molecule has 1 fully saturated rings. The summed E-state index contributed by atoms with van der Waals surface area (Å²) in [5, 5.41) is 10.8. The fourth-order valence-electron chi connectivity index (χ4n) is 3.77. The number of furan rings is 1. The van der Waals surface area contributed by atoms with Crippen LogP contribution in [0.1, 0.15) is 55.6 Å². The van der Waals surface area contributed by atoms with Gasteiger partial charge in [-0.15, -0.1) is 0 Å². The molecule has 1 aliphatic rings. The standard InChI is InChI=1S/C23H30F3NO3/c1-14(6-5-11-27(3)17-8-9-17)21(28)20-12-15(2)22(30-20)18-10-7-16(23(24,25)26)13-19(18)29-4/h7,10,12-14,17,21,28H,5-6,8-9,11H2,1-4H3/t14-,21?/m0/s1. The van der Waals surface area contributed by atoms with E-state index in [1.807, 2.05) is 6.92 Å². The second kappa shape index (κ2) is 9.02. The fourth-order valence-corrected chi connectivity index (χ4v) is 3.77. The summed E-state index contributed by atoms with van der Waals surface area (Å²) in [6.07, 6.45) is -0.827. The third-order valence-corrected chi connectivity index (χ3v) is 5.88. The number of ether oxygens (including phenoxy) is 1. The van der Waals surface area contributed by atoms with Crippen molar-refractivity contribution in [1.29, 1.82) is 0 Å². The lowest BCUT2D eigenvalue weighted by molar-refractivity contribution is -0.137. The molecule has 1 saturated carbocycles. The Labute approximate surface area is 175 Å². The van der Waals surface area contributed by atoms with E-state index in [1.54, 1.807) is 13.0 Å². The molecule has 166 valence electrons. The van der Waals surface area contributed by atoms with Gasteiger partial charge in [0.05, 0.1) is 18.2 Å². The lowest BCUT2D eigenvalue weighted by Crippen LogP contribution is -2.22. The summed E-state index contributed by atoms with van der Waals surface area (Å²) in [5.41, 5.74) is 0.389. The number of hydrogen-bond donors (Lipinski definition) is 1. The number of hydrogen-bond acceptors (Lipinski definition) is 4. The van der Waals surface area contributed by atoms with E-state index in [1.165, 1.54) is 26.0 Å². The molecule has 1 aromatic carbocycles. The fraction of sp³-hybridized carbons (Fsp3) is 0.565. The predicted molar refractivity (Wildman–Crippen MR) is 109 cm³/mol. The second-order valence-electron chi connectivity index (χ2n) is 8.35. The topological polar surface area (TPSA) is 45.8 Å². The van der Waals surface area contributed by atoms with Gasteiger partial charge in [0.15, 0.2) is 0 Å². The van der Waals surface area contributed by atoms with Crippen molar-refractivity contribution >= 4 is 0 Å². The minimum Gasteiger partial charge on any atom is -0.496 e. The smallest absolute Gasteiger partial charge is 0.416 e. The maximum Gasteiger partial charge on any atom is 0.416 e. The van der Waals surface area contributed by atoms with Crippen LogP contribution in [0.2, 0.25) is 0 Å². The van der Waals surface area contributed by atoms with Gasteiger partial charge in [-0.2, -0.15) is 13.2 Å². The molecule has 0 amide bonds. The van der Waals surface area contributed by atoms with E-state index in [0.29, 0.717) is 17.1 Å². The molecule has 1 unspecified atom stereocenters. The molecular weight excluding hydrogens is 395 g/mol. The molecule has 0 bridgehead atoms. The van der Waals surface area contributed by atoms with Gasteiger partial charge in [0.2, 0.25) is 0 Å². The molecule has 0 aliphatic heterocycles. The Kier molecular flexibility index (Phi) is 6.82. The van der Waals surface area contributed by atoms with Crippen LogP contribution in [0.3, 0.4) is 0 Å². The van der Waals surface area contributed by atoms with Crippen LogP contribution < -0.4 is 4.74 Å². The molecule has 7 heteroatoms. The number of aryl methyl sites for hydroxylation is 1. The van der Waals surface area contributed by atoms with E-state index < -0.39 is 17.8 Å². The number of rotatable bonds is 9. The Bertz CT molecular complexity index is 858. The molecule has 1 aromatic heterocycles. The summed E-state index contributed by atoms with van der Waals surface area (Å²) in [6, 6.07) is 5.80. The van der Waals surface area contributed by atoms with Crippen LogP contribution in [0, 0.1) is 12.8 Å². The van der Waals surface area contributed by atoms with Crippen molar-refractivity contribution in [3.8, 4) is 17.1 Å². The van der Waals surface area contributed by atoms with Gasteiger partial charge in [-0.25, -0.2) is 0 Å². The number of nitrogens with zero attached hydrogens (tertiary/aromatic N) is 1. The monoisotopic (exact) mass is 425 g/mol. The second-order valence-corrected chi connectivity index (χ2v) is 8.35. The minimum atomic E-state index is -4.45. The molecule has 1 heterocycles. The highest BCUT2D eigenvalue weighted by Crippen LogP contribution is 2.40. The van der Waals surface area contributed by atoms with Crippen molar-refractivity contribution in [3.63, 3.8) is 0 Å². The molecule has 0 spiro atoms. The van der Waals surface area contributed by atoms with Crippen molar-refractivity contribution in [2.45, 2.75) is 57.9 Å². The minimum absolute atomic E-state index is 0.00510. The highest BCUT2D eigenvalue weighted by molar-refractivity contribution is 5.69. The van der Waals surface area contributed by atoms with Crippen LogP contribution in [0.4, 0.5) is 13.2 Å². The maximum atomic E-state index is 13.0. The first-order chi connectivity index (χ1) is 14.1. The van der Waals surface area contributed by atoms with Crippen LogP contribution in [0.15, 0.2) is 28.7 Å². The van der Waals surface area contributed by atoms with E-state index in [4.69, 9.17) is 9.15 Å². The highest BCUT2D eigenvalue weighted by Gasteiger charge is 2.32. The number of aliphatic hydroxyl groups excluding tert-OH is 1. The van der Waals surface area contributed by atoms with Gasteiger partial charge in [-0.3, -0.25) is 0 Å². The number of benzene rings is 1. The average molecular weight is 425 g/mol. The number of aliphatic hydroxyl groups is 1. The van der Waals surface area contributed by atoms with E-state index in [2.05, 4.69) is 11.9 Å². The van der Waals surface area contributed by atoms with Crippen molar-refractivity contribution in [2.75, 3.05) is 20.7 Å². The van der Waals surface area contributed by atoms with Gasteiger partial charge < -0.3 is 19.2 Å². The van der Waals surface area contributed by atoms with Gasteiger partial charge in [-0.05, 0) is 81.9 Å². The molecule has 1 N–H and O–H groups in total. The van der Waals surface area contributed by atoms with E-state index in [9.17, 15) is 18.3 Å². The molecule has 30 heavy (non-hydrogen) atoms. The van der Waals surface area contributed by atoms with Crippen molar-refractivity contribution in [2.24, 2.45) is 5.92 Å². The first-order valence-electron chi connectivity index (χ1n) is 10.4. The van der Waals surface area contributed by atoms with E-state index >= 15 is 0 Å². The first kappa shape index (κ1) is 22.7. The Morgan fingerprint density at radius 2 is 1.97 bits per heavy atom. The first-order valence-corrected chi connectivity index (χ1v) is 10.4. The SMILES string of the molecule is COc1cc(C(F)(F)F)ccc1-c1oc(C(O)[C@@H](C)CCCN(C)C2CC2)cc1C. The van der Waals surface area contributed by atoms with Crippen LogP contribution in [0.5, 0.6) is 5.75 Å². The van der Waals surface area contributed by atoms with Gasteiger partial charge in [0.1, 0.15) is 23.4 Å². The zero-order chi connectivity index (χ0) is 22.1. The van der Waals surface area contributed by atoms with E-state index in [0.717, 1.165) is 43.1 Å². The summed E-state index contributed by atoms with van der Waals surface area (Å²) in [6.45, 7) is 4.80. The molecule has 3 rings (SSSR count). The molecule has 0 saturated heterocycles. The largest absolute Gasteiger partial charge is 0.496 e. The zero-order valence-electron chi connectivity index (χ0n) is 17.9. The quantitative estimate of drug-likeness (QED) is 0.549. The van der Waals surface area contributed by atoms with E-state index in [-0.39, 0.29) is 11.7 Å². The maximum absolute atomic E-state index is 13.0.